The van der Waals surface area contributed by atoms with Crippen LogP contribution in [0.15, 0.2) is 42.7 Å². The summed E-state index contributed by atoms with van der Waals surface area (Å²) in [6.45, 7) is 1.43. The topological polar surface area (TPSA) is 116 Å². The summed E-state index contributed by atoms with van der Waals surface area (Å²) in [4.78, 5) is 31.9. The van der Waals surface area contributed by atoms with Gasteiger partial charge in [0.15, 0.2) is 11.6 Å². The molecule has 3 aromatic heterocycles. The van der Waals surface area contributed by atoms with E-state index in [0.717, 1.165) is 35.3 Å². The number of aromatic nitrogens is 4. The standard InChI is InChI=1S/C28H29FN6O3S/c29-21-13-18(12-20(36)11-17-1-2-17)3-4-24(21)38-25-5-8-31-22-14-26(39-28(22)25)23-15-35(33-32-23)16-27(37)34-9-6-19(30)7-10-34/h3-5,8,13-15,17,19H,1-2,6-7,9-12,16,30H2. The van der Waals surface area contributed by atoms with Gasteiger partial charge in [-0.2, -0.15) is 0 Å². The molecule has 0 radical (unpaired) electrons. The highest BCUT2D eigenvalue weighted by atomic mass is 32.1. The van der Waals surface area contributed by atoms with Crippen molar-refractivity contribution < 1.29 is 18.7 Å². The molecule has 202 valence electrons. The number of piperidine rings is 1. The number of hydrogen-bond donors (Lipinski definition) is 1. The lowest BCUT2D eigenvalue weighted by Crippen LogP contribution is -2.44. The average Bonchev–Trinajstić information content (AvgIpc) is 3.41. The molecule has 4 aromatic rings. The van der Waals surface area contributed by atoms with Gasteiger partial charge in [-0.05, 0) is 55.4 Å². The van der Waals surface area contributed by atoms with Crippen molar-refractivity contribution in [1.29, 1.82) is 0 Å². The van der Waals surface area contributed by atoms with Crippen molar-refractivity contribution in [2.24, 2.45) is 11.7 Å². The first kappa shape index (κ1) is 25.6. The number of carbonyl (C=O) groups is 2. The van der Waals surface area contributed by atoms with Gasteiger partial charge < -0.3 is 15.4 Å². The maximum atomic E-state index is 14.9. The molecule has 4 heterocycles. The van der Waals surface area contributed by atoms with E-state index in [4.69, 9.17) is 10.5 Å². The minimum absolute atomic E-state index is 0.00707. The molecule has 2 N–H and O–H groups in total. The van der Waals surface area contributed by atoms with Crippen LogP contribution >= 0.6 is 11.3 Å². The van der Waals surface area contributed by atoms with Gasteiger partial charge in [-0.3, -0.25) is 14.6 Å². The largest absolute Gasteiger partial charge is 0.453 e. The van der Waals surface area contributed by atoms with Crippen LogP contribution in [0.25, 0.3) is 20.8 Å². The van der Waals surface area contributed by atoms with Crippen LogP contribution in [0.5, 0.6) is 11.5 Å². The van der Waals surface area contributed by atoms with Gasteiger partial charge in [-0.1, -0.05) is 11.3 Å². The fourth-order valence-electron chi connectivity index (χ4n) is 4.80. The first-order valence-electron chi connectivity index (χ1n) is 13.2. The lowest BCUT2D eigenvalue weighted by atomic mass is 10.0. The Hall–Kier alpha value is -3.70. The Morgan fingerprint density at radius 3 is 2.69 bits per heavy atom. The molecule has 6 rings (SSSR count). The summed E-state index contributed by atoms with van der Waals surface area (Å²) in [7, 11) is 0. The number of likely N-dealkylation sites (tertiary alicyclic amines) is 1. The summed E-state index contributed by atoms with van der Waals surface area (Å²) in [5, 5.41) is 8.39. The number of nitrogens with two attached hydrogens (primary N) is 1. The van der Waals surface area contributed by atoms with Crippen LogP contribution in [-0.2, 0) is 22.6 Å². The van der Waals surface area contributed by atoms with Crippen molar-refractivity contribution in [2.45, 2.75) is 51.1 Å². The Kier molecular flexibility index (Phi) is 7.09. The summed E-state index contributed by atoms with van der Waals surface area (Å²) >= 11 is 1.41. The van der Waals surface area contributed by atoms with E-state index < -0.39 is 5.82 Å². The van der Waals surface area contributed by atoms with Crippen LogP contribution in [0.2, 0.25) is 0 Å². The molecule has 2 aliphatic rings. The second-order valence-corrected chi connectivity index (χ2v) is 11.4. The first-order chi connectivity index (χ1) is 18.9. The second kappa shape index (κ2) is 10.8. The quantitative estimate of drug-likeness (QED) is 0.331. The number of thiophene rings is 1. The predicted molar refractivity (Wildman–Crippen MR) is 145 cm³/mol. The number of pyridine rings is 1. The highest BCUT2D eigenvalue weighted by molar-refractivity contribution is 7.22. The highest BCUT2D eigenvalue weighted by Gasteiger charge is 2.25. The number of nitrogens with zero attached hydrogens (tertiary/aromatic N) is 5. The Morgan fingerprint density at radius 2 is 1.92 bits per heavy atom. The predicted octanol–water partition coefficient (Wildman–Crippen LogP) is 4.35. The maximum absolute atomic E-state index is 14.9. The number of rotatable bonds is 9. The number of benzene rings is 1. The molecule has 2 fully saturated rings. The molecule has 1 aromatic carbocycles. The van der Waals surface area contributed by atoms with Gasteiger partial charge in [0.25, 0.3) is 0 Å². The van der Waals surface area contributed by atoms with Gasteiger partial charge in [-0.25, -0.2) is 9.07 Å². The summed E-state index contributed by atoms with van der Waals surface area (Å²) in [5.41, 5.74) is 7.89. The number of ketones is 1. The normalized spacial score (nSPS) is 16.1. The molecular formula is C28H29FN6O3S. The molecule has 1 aliphatic heterocycles. The molecule has 1 saturated heterocycles. The van der Waals surface area contributed by atoms with Crippen molar-refractivity contribution in [2.75, 3.05) is 13.1 Å². The molecule has 11 heteroatoms. The molecule has 39 heavy (non-hydrogen) atoms. The van der Waals surface area contributed by atoms with Crippen molar-refractivity contribution in [1.82, 2.24) is 24.9 Å². The minimum Gasteiger partial charge on any atom is -0.453 e. The van der Waals surface area contributed by atoms with Crippen LogP contribution < -0.4 is 10.5 Å². The Bertz CT molecular complexity index is 1520. The molecule has 9 nitrogen and oxygen atoms in total. The minimum atomic E-state index is -0.517. The second-order valence-electron chi connectivity index (χ2n) is 10.4. The summed E-state index contributed by atoms with van der Waals surface area (Å²) in [6.07, 6.45) is 8.00. The van der Waals surface area contributed by atoms with E-state index in [2.05, 4.69) is 15.3 Å². The van der Waals surface area contributed by atoms with E-state index in [0.29, 0.717) is 48.0 Å². The Morgan fingerprint density at radius 1 is 1.10 bits per heavy atom. The van der Waals surface area contributed by atoms with Gasteiger partial charge >= 0.3 is 0 Å². The molecule has 0 unspecified atom stereocenters. The fraction of sp³-hybridized carbons (Fsp3) is 0.393. The van der Waals surface area contributed by atoms with Gasteiger partial charge in [0.2, 0.25) is 5.91 Å². The van der Waals surface area contributed by atoms with Gasteiger partial charge in [0.1, 0.15) is 23.8 Å². The van der Waals surface area contributed by atoms with Gasteiger partial charge in [0, 0.05) is 44.2 Å². The average molecular weight is 549 g/mol. The molecule has 1 aliphatic carbocycles. The number of amides is 1. The van der Waals surface area contributed by atoms with E-state index in [1.165, 1.54) is 22.1 Å². The van der Waals surface area contributed by atoms with Crippen molar-refractivity contribution in [3.8, 4) is 22.1 Å². The maximum Gasteiger partial charge on any atom is 0.244 e. The highest BCUT2D eigenvalue weighted by Crippen LogP contribution is 2.39. The molecule has 1 saturated carbocycles. The third-order valence-electron chi connectivity index (χ3n) is 7.19. The Balaban J connectivity index is 1.15. The first-order valence-corrected chi connectivity index (χ1v) is 14.0. The SMILES string of the molecule is NC1CCN(C(=O)Cn2cc(-c3cc4nccc(Oc5ccc(CC(=O)CC6CC6)cc5F)c4s3)nn2)CC1. The van der Waals surface area contributed by atoms with Crippen LogP contribution in [0.3, 0.4) is 0 Å². The van der Waals surface area contributed by atoms with Gasteiger partial charge in [0.05, 0.1) is 21.3 Å². The van der Waals surface area contributed by atoms with E-state index >= 15 is 0 Å². The summed E-state index contributed by atoms with van der Waals surface area (Å²) < 4.78 is 23.1. The monoisotopic (exact) mass is 548 g/mol. The van der Waals surface area contributed by atoms with E-state index in [1.54, 1.807) is 30.6 Å². The zero-order valence-electron chi connectivity index (χ0n) is 21.4. The zero-order valence-corrected chi connectivity index (χ0v) is 22.2. The summed E-state index contributed by atoms with van der Waals surface area (Å²) in [6, 6.07) is 8.39. The van der Waals surface area contributed by atoms with Crippen LogP contribution in [0.4, 0.5) is 4.39 Å². The van der Waals surface area contributed by atoms with E-state index in [-0.39, 0.29) is 36.4 Å². The number of hydrogen-bond acceptors (Lipinski definition) is 8. The summed E-state index contributed by atoms with van der Waals surface area (Å²) in [5.74, 6) is 0.688. The number of carbonyl (C=O) groups excluding carboxylic acids is 2. The number of fused-ring (bicyclic) bond motifs is 1. The lowest BCUT2D eigenvalue weighted by Gasteiger charge is -2.30. The molecule has 0 bridgehead atoms. The third-order valence-corrected chi connectivity index (χ3v) is 8.35. The third kappa shape index (κ3) is 5.99. The van der Waals surface area contributed by atoms with Crippen molar-refractivity contribution in [3.63, 3.8) is 0 Å². The molecule has 0 atom stereocenters. The van der Waals surface area contributed by atoms with Crippen LogP contribution in [0, 0.1) is 11.7 Å². The fourth-order valence-corrected chi connectivity index (χ4v) is 5.81. The van der Waals surface area contributed by atoms with Crippen molar-refractivity contribution >= 4 is 33.2 Å². The van der Waals surface area contributed by atoms with Gasteiger partial charge in [-0.15, -0.1) is 16.4 Å². The number of Topliss-reactive ketones (excluding diaryl/α,β-unsaturated/α-hetero) is 1. The molecular weight excluding hydrogens is 519 g/mol. The number of halogens is 1. The number of ether oxygens (including phenoxy) is 1. The van der Waals surface area contributed by atoms with Crippen LogP contribution in [-0.4, -0.2) is 55.7 Å². The Labute approximate surface area is 228 Å². The van der Waals surface area contributed by atoms with Crippen molar-refractivity contribution in [3.05, 3.63) is 54.1 Å². The van der Waals surface area contributed by atoms with E-state index in [1.807, 2.05) is 11.0 Å². The molecule has 1 amide bonds. The molecule has 0 spiro atoms. The van der Waals surface area contributed by atoms with Crippen LogP contribution in [0.1, 0.15) is 37.7 Å². The zero-order chi connectivity index (χ0) is 26.9. The smallest absolute Gasteiger partial charge is 0.244 e. The lowest BCUT2D eigenvalue weighted by molar-refractivity contribution is -0.133. The van der Waals surface area contributed by atoms with E-state index in [9.17, 15) is 14.0 Å².